The van der Waals surface area contributed by atoms with Gasteiger partial charge in [-0.15, -0.1) is 0 Å². The Morgan fingerprint density at radius 1 is 1.35 bits per heavy atom. The SMILES string of the molecule is O=Cc1ccnc(Cc2cccc(Cl)c2F)n1. The van der Waals surface area contributed by atoms with E-state index in [0.29, 0.717) is 17.7 Å². The van der Waals surface area contributed by atoms with Crippen molar-refractivity contribution in [3.05, 3.63) is 58.4 Å². The fourth-order valence-electron chi connectivity index (χ4n) is 1.42. The monoisotopic (exact) mass is 250 g/mol. The van der Waals surface area contributed by atoms with E-state index in [1.807, 2.05) is 0 Å². The number of aldehydes is 1. The quantitative estimate of drug-likeness (QED) is 0.787. The number of rotatable bonds is 3. The van der Waals surface area contributed by atoms with Crippen LogP contribution in [0.15, 0.2) is 30.5 Å². The molecule has 2 aromatic rings. The van der Waals surface area contributed by atoms with Gasteiger partial charge in [-0.2, -0.15) is 0 Å². The van der Waals surface area contributed by atoms with E-state index in [-0.39, 0.29) is 17.1 Å². The zero-order chi connectivity index (χ0) is 12.3. The molecule has 1 heterocycles. The van der Waals surface area contributed by atoms with Gasteiger partial charge in [0.25, 0.3) is 0 Å². The van der Waals surface area contributed by atoms with Crippen LogP contribution in [-0.2, 0) is 6.42 Å². The Labute approximate surface area is 102 Å². The maximum absolute atomic E-state index is 13.6. The fourth-order valence-corrected chi connectivity index (χ4v) is 1.62. The maximum Gasteiger partial charge on any atom is 0.168 e. The van der Waals surface area contributed by atoms with E-state index in [1.54, 1.807) is 12.1 Å². The number of benzene rings is 1. The summed E-state index contributed by atoms with van der Waals surface area (Å²) in [6.45, 7) is 0. The Balaban J connectivity index is 2.31. The minimum atomic E-state index is -0.478. The Kier molecular flexibility index (Phi) is 3.44. The summed E-state index contributed by atoms with van der Waals surface area (Å²) in [4.78, 5) is 18.5. The smallest absolute Gasteiger partial charge is 0.168 e. The van der Waals surface area contributed by atoms with Gasteiger partial charge >= 0.3 is 0 Å². The van der Waals surface area contributed by atoms with Gasteiger partial charge in [-0.25, -0.2) is 14.4 Å². The molecule has 0 fully saturated rings. The van der Waals surface area contributed by atoms with Gasteiger partial charge < -0.3 is 0 Å². The minimum absolute atomic E-state index is 0.0639. The van der Waals surface area contributed by atoms with Crippen molar-refractivity contribution >= 4 is 17.9 Å². The summed E-state index contributed by atoms with van der Waals surface area (Å²) < 4.78 is 13.6. The minimum Gasteiger partial charge on any atom is -0.296 e. The van der Waals surface area contributed by atoms with Crippen LogP contribution in [0, 0.1) is 5.82 Å². The summed E-state index contributed by atoms with van der Waals surface area (Å²) in [5, 5.41) is 0.0639. The van der Waals surface area contributed by atoms with E-state index in [9.17, 15) is 9.18 Å². The van der Waals surface area contributed by atoms with Crippen molar-refractivity contribution < 1.29 is 9.18 Å². The van der Waals surface area contributed by atoms with E-state index in [0.717, 1.165) is 0 Å². The van der Waals surface area contributed by atoms with Crippen LogP contribution in [0.4, 0.5) is 4.39 Å². The first-order valence-electron chi connectivity index (χ1n) is 4.90. The molecule has 0 spiro atoms. The van der Waals surface area contributed by atoms with Crippen molar-refractivity contribution in [3.8, 4) is 0 Å². The first-order chi connectivity index (χ1) is 8.20. The van der Waals surface area contributed by atoms with E-state index in [1.165, 1.54) is 18.3 Å². The van der Waals surface area contributed by atoms with E-state index in [2.05, 4.69) is 9.97 Å². The molecule has 0 radical (unpaired) electrons. The molecule has 0 amide bonds. The summed E-state index contributed by atoms with van der Waals surface area (Å²) in [6, 6.07) is 6.23. The van der Waals surface area contributed by atoms with Crippen molar-refractivity contribution in [1.29, 1.82) is 0 Å². The molecule has 5 heteroatoms. The van der Waals surface area contributed by atoms with E-state index in [4.69, 9.17) is 11.6 Å². The molecule has 0 saturated carbocycles. The second-order valence-electron chi connectivity index (χ2n) is 3.41. The van der Waals surface area contributed by atoms with Crippen molar-refractivity contribution in [2.75, 3.05) is 0 Å². The van der Waals surface area contributed by atoms with Gasteiger partial charge in [0.05, 0.1) is 5.02 Å². The molecular formula is C12H8ClFN2O. The van der Waals surface area contributed by atoms with Crippen LogP contribution in [0.3, 0.4) is 0 Å². The molecule has 0 atom stereocenters. The Bertz CT molecular complexity index is 560. The maximum atomic E-state index is 13.6. The van der Waals surface area contributed by atoms with E-state index < -0.39 is 5.82 Å². The van der Waals surface area contributed by atoms with Gasteiger partial charge in [-0.3, -0.25) is 4.79 Å². The van der Waals surface area contributed by atoms with Crippen molar-refractivity contribution in [3.63, 3.8) is 0 Å². The largest absolute Gasteiger partial charge is 0.296 e. The van der Waals surface area contributed by atoms with Crippen molar-refractivity contribution in [2.24, 2.45) is 0 Å². The summed E-state index contributed by atoms with van der Waals surface area (Å²) in [7, 11) is 0. The summed E-state index contributed by atoms with van der Waals surface area (Å²) >= 11 is 5.67. The lowest BCUT2D eigenvalue weighted by molar-refractivity contribution is 0.111. The van der Waals surface area contributed by atoms with Crippen LogP contribution in [0.25, 0.3) is 0 Å². The van der Waals surface area contributed by atoms with Crippen LogP contribution in [0.2, 0.25) is 5.02 Å². The van der Waals surface area contributed by atoms with Crippen LogP contribution >= 0.6 is 11.6 Å². The molecule has 0 saturated heterocycles. The lowest BCUT2D eigenvalue weighted by atomic mass is 10.1. The molecule has 1 aromatic heterocycles. The van der Waals surface area contributed by atoms with Crippen LogP contribution in [0.5, 0.6) is 0 Å². The molecule has 0 unspecified atom stereocenters. The molecule has 17 heavy (non-hydrogen) atoms. The Morgan fingerprint density at radius 2 is 2.18 bits per heavy atom. The van der Waals surface area contributed by atoms with Crippen LogP contribution in [-0.4, -0.2) is 16.3 Å². The molecule has 0 bridgehead atoms. The summed E-state index contributed by atoms with van der Waals surface area (Å²) in [5.41, 5.74) is 0.679. The second kappa shape index (κ2) is 5.01. The molecule has 0 aliphatic rings. The third kappa shape index (κ3) is 2.65. The molecule has 86 valence electrons. The third-order valence-corrected chi connectivity index (χ3v) is 2.52. The molecule has 0 aliphatic heterocycles. The number of aromatic nitrogens is 2. The lowest BCUT2D eigenvalue weighted by Gasteiger charge is -2.03. The number of carbonyl (C=O) groups excluding carboxylic acids is 1. The number of nitrogens with zero attached hydrogens (tertiary/aromatic N) is 2. The topological polar surface area (TPSA) is 42.9 Å². The lowest BCUT2D eigenvalue weighted by Crippen LogP contribution is -2.01. The van der Waals surface area contributed by atoms with Gasteiger partial charge in [-0.1, -0.05) is 23.7 Å². The van der Waals surface area contributed by atoms with Gasteiger partial charge in [0.1, 0.15) is 17.3 Å². The second-order valence-corrected chi connectivity index (χ2v) is 3.81. The highest BCUT2D eigenvalue weighted by Gasteiger charge is 2.08. The molecule has 0 N–H and O–H groups in total. The van der Waals surface area contributed by atoms with Crippen LogP contribution in [0.1, 0.15) is 21.9 Å². The fraction of sp³-hybridized carbons (Fsp3) is 0.0833. The van der Waals surface area contributed by atoms with Crippen LogP contribution < -0.4 is 0 Å². The highest BCUT2D eigenvalue weighted by Crippen LogP contribution is 2.19. The normalized spacial score (nSPS) is 10.2. The predicted octanol–water partition coefficient (Wildman–Crippen LogP) is 2.67. The molecule has 3 nitrogen and oxygen atoms in total. The van der Waals surface area contributed by atoms with Gasteiger partial charge in [0.2, 0.25) is 0 Å². The average molecular weight is 251 g/mol. The Hall–Kier alpha value is -1.81. The van der Waals surface area contributed by atoms with Gasteiger partial charge in [0, 0.05) is 12.6 Å². The molecule has 0 aliphatic carbocycles. The van der Waals surface area contributed by atoms with Crippen molar-refractivity contribution in [1.82, 2.24) is 9.97 Å². The molecular weight excluding hydrogens is 243 g/mol. The average Bonchev–Trinajstić information content (AvgIpc) is 2.35. The molecule has 2 rings (SSSR count). The van der Waals surface area contributed by atoms with Gasteiger partial charge in [0.15, 0.2) is 6.29 Å². The number of hydrogen-bond donors (Lipinski definition) is 0. The number of carbonyl (C=O) groups is 1. The predicted molar refractivity (Wildman–Crippen MR) is 61.6 cm³/mol. The zero-order valence-electron chi connectivity index (χ0n) is 8.73. The first-order valence-corrected chi connectivity index (χ1v) is 5.28. The van der Waals surface area contributed by atoms with Crippen molar-refractivity contribution in [2.45, 2.75) is 6.42 Å². The number of halogens is 2. The zero-order valence-corrected chi connectivity index (χ0v) is 9.49. The molecule has 1 aromatic carbocycles. The van der Waals surface area contributed by atoms with E-state index >= 15 is 0 Å². The summed E-state index contributed by atoms with van der Waals surface area (Å²) in [6.07, 6.45) is 2.29. The highest BCUT2D eigenvalue weighted by atomic mass is 35.5. The van der Waals surface area contributed by atoms with Gasteiger partial charge in [-0.05, 0) is 17.7 Å². The summed E-state index contributed by atoms with van der Waals surface area (Å²) in [5.74, 6) is -0.0926. The highest BCUT2D eigenvalue weighted by molar-refractivity contribution is 6.30. The number of hydrogen-bond acceptors (Lipinski definition) is 3. The Morgan fingerprint density at radius 3 is 2.94 bits per heavy atom. The first kappa shape index (κ1) is 11.7. The third-order valence-electron chi connectivity index (χ3n) is 2.23. The standard InChI is InChI=1S/C12H8ClFN2O/c13-10-3-1-2-8(12(10)14)6-11-15-5-4-9(7-17)16-11/h1-5,7H,6H2.